The lowest BCUT2D eigenvalue weighted by Gasteiger charge is -2.13. The van der Waals surface area contributed by atoms with E-state index in [2.05, 4.69) is 5.32 Å². The van der Waals surface area contributed by atoms with Gasteiger partial charge < -0.3 is 5.11 Å². The van der Waals surface area contributed by atoms with Crippen molar-refractivity contribution >= 4 is 11.8 Å². The Morgan fingerprint density at radius 3 is 2.44 bits per heavy atom. The molecule has 1 aromatic rings. The zero-order valence-electron chi connectivity index (χ0n) is 9.14. The Hall–Kier alpha value is -1.68. The highest BCUT2D eigenvalue weighted by Crippen LogP contribution is 2.03. The molecule has 0 radical (unpaired) electrons. The summed E-state index contributed by atoms with van der Waals surface area (Å²) in [4.78, 5) is 21.7. The molecule has 2 N–H and O–H groups in total. The summed E-state index contributed by atoms with van der Waals surface area (Å²) < 4.78 is 0. The molecule has 0 aliphatic carbocycles. The minimum Gasteiger partial charge on any atom is -0.480 e. The minimum absolute atomic E-state index is 0.0701. The SMILES string of the molecule is CC(=O)CN[C@@H](Cc1ccccc1)C(=O)O. The number of carboxylic acids is 1. The van der Waals surface area contributed by atoms with Gasteiger partial charge in [0.05, 0.1) is 6.54 Å². The van der Waals surface area contributed by atoms with Crippen molar-refractivity contribution < 1.29 is 14.7 Å². The lowest BCUT2D eigenvalue weighted by atomic mass is 10.1. The minimum atomic E-state index is -0.940. The average Bonchev–Trinajstić information content (AvgIpc) is 2.25. The van der Waals surface area contributed by atoms with Gasteiger partial charge >= 0.3 is 5.97 Å². The first-order valence-electron chi connectivity index (χ1n) is 5.09. The molecule has 1 rings (SSSR count). The molecule has 0 heterocycles. The van der Waals surface area contributed by atoms with Crippen molar-refractivity contribution in [1.82, 2.24) is 5.32 Å². The van der Waals surface area contributed by atoms with Crippen LogP contribution in [0.2, 0.25) is 0 Å². The summed E-state index contributed by atoms with van der Waals surface area (Å²) in [5.74, 6) is -1.01. The van der Waals surface area contributed by atoms with E-state index in [4.69, 9.17) is 5.11 Å². The van der Waals surface area contributed by atoms with E-state index < -0.39 is 12.0 Å². The topological polar surface area (TPSA) is 66.4 Å². The maximum absolute atomic E-state index is 10.9. The van der Waals surface area contributed by atoms with E-state index in [0.29, 0.717) is 6.42 Å². The van der Waals surface area contributed by atoms with Crippen LogP contribution in [0, 0.1) is 0 Å². The lowest BCUT2D eigenvalue weighted by molar-refractivity contribution is -0.139. The van der Waals surface area contributed by atoms with E-state index >= 15 is 0 Å². The number of carboxylic acid groups (broad SMARTS) is 1. The van der Waals surface area contributed by atoms with E-state index in [-0.39, 0.29) is 12.3 Å². The highest BCUT2D eigenvalue weighted by molar-refractivity contribution is 5.79. The fraction of sp³-hybridized carbons (Fsp3) is 0.333. The maximum atomic E-state index is 10.9. The normalized spacial score (nSPS) is 12.1. The Labute approximate surface area is 94.3 Å². The number of aliphatic carboxylic acids is 1. The third kappa shape index (κ3) is 4.23. The van der Waals surface area contributed by atoms with Crippen LogP contribution in [0.3, 0.4) is 0 Å². The second-order valence-corrected chi connectivity index (χ2v) is 3.66. The molecular formula is C12H15NO3. The highest BCUT2D eigenvalue weighted by Gasteiger charge is 2.17. The number of nitrogens with one attached hydrogen (secondary N) is 1. The average molecular weight is 221 g/mol. The van der Waals surface area contributed by atoms with Gasteiger partial charge in [-0.3, -0.25) is 14.9 Å². The Balaban J connectivity index is 2.58. The summed E-state index contributed by atoms with van der Waals surface area (Å²) in [5, 5.41) is 11.7. The second-order valence-electron chi connectivity index (χ2n) is 3.66. The van der Waals surface area contributed by atoms with Gasteiger partial charge in [0.1, 0.15) is 11.8 Å². The molecule has 0 saturated heterocycles. The summed E-state index contributed by atoms with van der Waals surface area (Å²) >= 11 is 0. The number of benzene rings is 1. The monoisotopic (exact) mass is 221 g/mol. The van der Waals surface area contributed by atoms with E-state index in [1.165, 1.54) is 6.92 Å². The first-order chi connectivity index (χ1) is 7.59. The van der Waals surface area contributed by atoms with Gasteiger partial charge in [-0.25, -0.2) is 0 Å². The van der Waals surface area contributed by atoms with Crippen LogP contribution in [-0.4, -0.2) is 29.4 Å². The number of rotatable bonds is 6. The summed E-state index contributed by atoms with van der Waals surface area (Å²) in [5.41, 5.74) is 0.936. The van der Waals surface area contributed by atoms with Gasteiger partial charge in [0.2, 0.25) is 0 Å². The van der Waals surface area contributed by atoms with Crippen molar-refractivity contribution in [3.05, 3.63) is 35.9 Å². The van der Waals surface area contributed by atoms with Crippen LogP contribution in [0.15, 0.2) is 30.3 Å². The number of hydrogen-bond acceptors (Lipinski definition) is 3. The van der Waals surface area contributed by atoms with Crippen LogP contribution in [0.1, 0.15) is 12.5 Å². The highest BCUT2D eigenvalue weighted by atomic mass is 16.4. The van der Waals surface area contributed by atoms with Crippen molar-refractivity contribution in [1.29, 1.82) is 0 Å². The van der Waals surface area contributed by atoms with Crippen LogP contribution in [0.4, 0.5) is 0 Å². The lowest BCUT2D eigenvalue weighted by Crippen LogP contribution is -2.40. The van der Waals surface area contributed by atoms with Crippen LogP contribution in [-0.2, 0) is 16.0 Å². The molecule has 4 heteroatoms. The molecule has 0 aliphatic rings. The number of carbonyl (C=O) groups excluding carboxylic acids is 1. The smallest absolute Gasteiger partial charge is 0.321 e. The quantitative estimate of drug-likeness (QED) is 0.747. The van der Waals surface area contributed by atoms with Crippen LogP contribution in [0.25, 0.3) is 0 Å². The van der Waals surface area contributed by atoms with E-state index in [0.717, 1.165) is 5.56 Å². The molecule has 1 atom stereocenters. The summed E-state index contributed by atoms with van der Waals surface area (Å²) in [6.07, 6.45) is 0.378. The zero-order chi connectivity index (χ0) is 12.0. The van der Waals surface area contributed by atoms with E-state index in [1.807, 2.05) is 30.3 Å². The number of ketones is 1. The first-order valence-corrected chi connectivity index (χ1v) is 5.09. The molecular weight excluding hydrogens is 206 g/mol. The Kier molecular flexibility index (Phi) is 4.66. The van der Waals surface area contributed by atoms with Crippen molar-refractivity contribution in [2.75, 3.05) is 6.54 Å². The first kappa shape index (κ1) is 12.4. The summed E-state index contributed by atoms with van der Waals surface area (Å²) in [6.45, 7) is 1.51. The van der Waals surface area contributed by atoms with Gasteiger partial charge in [-0.05, 0) is 18.9 Å². The molecule has 0 spiro atoms. The zero-order valence-corrected chi connectivity index (χ0v) is 9.14. The van der Waals surface area contributed by atoms with Gasteiger partial charge in [-0.1, -0.05) is 30.3 Å². The standard InChI is InChI=1S/C12H15NO3/c1-9(14)8-13-11(12(15)16)7-10-5-3-2-4-6-10/h2-6,11,13H,7-8H2,1H3,(H,15,16)/t11-/m0/s1. The summed E-state index contributed by atoms with van der Waals surface area (Å²) in [6, 6.07) is 8.61. The number of hydrogen-bond donors (Lipinski definition) is 2. The molecule has 0 fully saturated rings. The predicted octanol–water partition coefficient (Wildman–Crippen LogP) is 0.861. The van der Waals surface area contributed by atoms with Crippen LogP contribution >= 0.6 is 0 Å². The third-order valence-electron chi connectivity index (χ3n) is 2.18. The molecule has 0 saturated carbocycles. The molecule has 16 heavy (non-hydrogen) atoms. The number of carbonyl (C=O) groups is 2. The van der Waals surface area contributed by atoms with Gasteiger partial charge in [0.25, 0.3) is 0 Å². The Morgan fingerprint density at radius 2 is 1.94 bits per heavy atom. The van der Waals surface area contributed by atoms with Gasteiger partial charge in [-0.2, -0.15) is 0 Å². The van der Waals surface area contributed by atoms with Crippen LogP contribution in [0.5, 0.6) is 0 Å². The van der Waals surface area contributed by atoms with E-state index in [1.54, 1.807) is 0 Å². The fourth-order valence-electron chi connectivity index (χ4n) is 1.36. The second kappa shape index (κ2) is 6.02. The molecule has 0 amide bonds. The molecule has 0 unspecified atom stereocenters. The maximum Gasteiger partial charge on any atom is 0.321 e. The van der Waals surface area contributed by atoms with Gasteiger partial charge in [0.15, 0.2) is 0 Å². The Morgan fingerprint density at radius 1 is 1.31 bits per heavy atom. The van der Waals surface area contributed by atoms with Gasteiger partial charge in [0, 0.05) is 0 Å². The molecule has 0 aliphatic heterocycles. The van der Waals surface area contributed by atoms with Crippen molar-refractivity contribution in [3.8, 4) is 0 Å². The van der Waals surface area contributed by atoms with Crippen molar-refractivity contribution in [2.24, 2.45) is 0 Å². The molecule has 0 aromatic heterocycles. The largest absolute Gasteiger partial charge is 0.480 e. The Bertz CT molecular complexity index is 362. The van der Waals surface area contributed by atoms with Crippen molar-refractivity contribution in [2.45, 2.75) is 19.4 Å². The van der Waals surface area contributed by atoms with E-state index in [9.17, 15) is 9.59 Å². The molecule has 0 bridgehead atoms. The molecule has 4 nitrogen and oxygen atoms in total. The predicted molar refractivity (Wildman–Crippen MR) is 60.3 cm³/mol. The van der Waals surface area contributed by atoms with Crippen LogP contribution < -0.4 is 5.32 Å². The number of Topliss-reactive ketones (excluding diaryl/α,β-unsaturated/α-hetero) is 1. The molecule has 86 valence electrons. The molecule has 1 aromatic carbocycles. The van der Waals surface area contributed by atoms with Crippen molar-refractivity contribution in [3.63, 3.8) is 0 Å². The van der Waals surface area contributed by atoms with Gasteiger partial charge in [-0.15, -0.1) is 0 Å². The summed E-state index contributed by atoms with van der Waals surface area (Å²) in [7, 11) is 0. The third-order valence-corrected chi connectivity index (χ3v) is 2.18. The fourth-order valence-corrected chi connectivity index (χ4v) is 1.36.